The molecule has 0 spiro atoms. The highest BCUT2D eigenvalue weighted by atomic mass is 79.9. The van der Waals surface area contributed by atoms with Gasteiger partial charge in [0.15, 0.2) is 0 Å². The normalized spacial score (nSPS) is 10.9. The largest absolute Gasteiger partial charge is 0.369 e. The zero-order chi connectivity index (χ0) is 12.1. The van der Waals surface area contributed by atoms with Gasteiger partial charge >= 0.3 is 0 Å². The maximum atomic E-state index is 3.52. The fourth-order valence-electron chi connectivity index (χ4n) is 1.93. The lowest BCUT2D eigenvalue weighted by Crippen LogP contribution is -2.31. The van der Waals surface area contributed by atoms with Crippen molar-refractivity contribution in [3.05, 3.63) is 29.3 Å². The first kappa shape index (κ1) is 13.6. The Balaban J connectivity index is 2.97. The summed E-state index contributed by atoms with van der Waals surface area (Å²) < 4.78 is 0. The van der Waals surface area contributed by atoms with E-state index in [1.807, 2.05) is 0 Å². The van der Waals surface area contributed by atoms with Crippen LogP contribution in [0.3, 0.4) is 0 Å². The summed E-state index contributed by atoms with van der Waals surface area (Å²) in [6, 6.07) is 7.32. The molecular weight excluding hydrogens is 262 g/mol. The topological polar surface area (TPSA) is 3.24 Å². The predicted molar refractivity (Wildman–Crippen MR) is 76.6 cm³/mol. The zero-order valence-electron chi connectivity index (χ0n) is 10.8. The second-order valence-electron chi connectivity index (χ2n) is 4.53. The van der Waals surface area contributed by atoms with Crippen LogP contribution in [0.5, 0.6) is 0 Å². The molecule has 90 valence electrons. The van der Waals surface area contributed by atoms with Gasteiger partial charge in [-0.2, -0.15) is 0 Å². The van der Waals surface area contributed by atoms with E-state index in [1.165, 1.54) is 23.2 Å². The Morgan fingerprint density at radius 1 is 1.31 bits per heavy atom. The Labute approximate surface area is 108 Å². The van der Waals surface area contributed by atoms with Gasteiger partial charge in [-0.1, -0.05) is 28.9 Å². The maximum absolute atomic E-state index is 3.52. The van der Waals surface area contributed by atoms with Crippen LogP contribution in [-0.2, 0) is 5.33 Å². The summed E-state index contributed by atoms with van der Waals surface area (Å²) in [5.41, 5.74) is 4.10. The third-order valence-corrected chi connectivity index (χ3v) is 3.49. The van der Waals surface area contributed by atoms with Crippen LogP contribution in [0.4, 0.5) is 5.69 Å². The van der Waals surface area contributed by atoms with Gasteiger partial charge in [-0.15, -0.1) is 0 Å². The standard InChI is InChI=1S/C14H22BrN/c1-5-8-16(11(2)3)14-7-6-13(10-15)12(4)9-14/h6-7,9,11H,5,8,10H2,1-4H3. The molecule has 1 aromatic carbocycles. The number of hydrogen-bond donors (Lipinski definition) is 0. The molecule has 2 heteroatoms. The van der Waals surface area contributed by atoms with E-state index in [-0.39, 0.29) is 0 Å². The Kier molecular flexibility index (Phi) is 5.33. The maximum Gasteiger partial charge on any atom is 0.0371 e. The Morgan fingerprint density at radius 2 is 2.00 bits per heavy atom. The van der Waals surface area contributed by atoms with Gasteiger partial charge < -0.3 is 4.90 Å². The molecule has 0 aliphatic carbocycles. The first-order valence-electron chi connectivity index (χ1n) is 6.02. The van der Waals surface area contributed by atoms with Crippen molar-refractivity contribution in [2.75, 3.05) is 11.4 Å². The van der Waals surface area contributed by atoms with E-state index in [1.54, 1.807) is 0 Å². The molecule has 0 saturated carbocycles. The van der Waals surface area contributed by atoms with Crippen molar-refractivity contribution in [3.63, 3.8) is 0 Å². The summed E-state index contributed by atoms with van der Waals surface area (Å²) >= 11 is 3.52. The summed E-state index contributed by atoms with van der Waals surface area (Å²) in [7, 11) is 0. The second kappa shape index (κ2) is 6.29. The summed E-state index contributed by atoms with van der Waals surface area (Å²) in [6.45, 7) is 10.1. The molecule has 0 unspecified atom stereocenters. The molecule has 0 fully saturated rings. The highest BCUT2D eigenvalue weighted by Gasteiger charge is 2.10. The van der Waals surface area contributed by atoms with Gasteiger partial charge in [-0.25, -0.2) is 0 Å². The number of hydrogen-bond acceptors (Lipinski definition) is 1. The summed E-state index contributed by atoms with van der Waals surface area (Å²) in [5.74, 6) is 0. The summed E-state index contributed by atoms with van der Waals surface area (Å²) in [4.78, 5) is 2.46. The predicted octanol–water partition coefficient (Wildman–Crippen LogP) is 4.51. The van der Waals surface area contributed by atoms with Crippen molar-refractivity contribution in [2.45, 2.75) is 45.5 Å². The van der Waals surface area contributed by atoms with Gasteiger partial charge in [0.05, 0.1) is 0 Å². The van der Waals surface area contributed by atoms with Crippen molar-refractivity contribution >= 4 is 21.6 Å². The van der Waals surface area contributed by atoms with Crippen molar-refractivity contribution in [3.8, 4) is 0 Å². The highest BCUT2D eigenvalue weighted by molar-refractivity contribution is 9.08. The Morgan fingerprint density at radius 3 is 2.44 bits per heavy atom. The molecule has 0 bridgehead atoms. The molecule has 0 aliphatic heterocycles. The molecule has 0 radical (unpaired) electrons. The average molecular weight is 284 g/mol. The van der Waals surface area contributed by atoms with E-state index < -0.39 is 0 Å². The van der Waals surface area contributed by atoms with Crippen LogP contribution < -0.4 is 4.90 Å². The average Bonchev–Trinajstić information content (AvgIpc) is 2.25. The molecule has 1 rings (SSSR count). The van der Waals surface area contributed by atoms with Crippen molar-refractivity contribution in [2.24, 2.45) is 0 Å². The van der Waals surface area contributed by atoms with Gasteiger partial charge in [-0.3, -0.25) is 0 Å². The van der Waals surface area contributed by atoms with E-state index in [0.29, 0.717) is 6.04 Å². The minimum absolute atomic E-state index is 0.564. The molecule has 16 heavy (non-hydrogen) atoms. The van der Waals surface area contributed by atoms with Crippen LogP contribution in [0.25, 0.3) is 0 Å². The van der Waals surface area contributed by atoms with Gasteiger partial charge in [-0.05, 0) is 50.5 Å². The number of nitrogens with zero attached hydrogens (tertiary/aromatic N) is 1. The highest BCUT2D eigenvalue weighted by Crippen LogP contribution is 2.22. The van der Waals surface area contributed by atoms with Crippen molar-refractivity contribution in [1.29, 1.82) is 0 Å². The molecule has 0 N–H and O–H groups in total. The molecule has 0 atom stereocenters. The lowest BCUT2D eigenvalue weighted by Gasteiger charge is -2.29. The third kappa shape index (κ3) is 3.24. The number of rotatable bonds is 5. The molecule has 0 heterocycles. The molecule has 0 amide bonds. The van der Waals surface area contributed by atoms with Gasteiger partial charge in [0.1, 0.15) is 0 Å². The molecule has 1 aromatic rings. The Bertz CT molecular complexity index is 334. The van der Waals surface area contributed by atoms with Crippen molar-refractivity contribution < 1.29 is 0 Å². The lowest BCUT2D eigenvalue weighted by molar-refractivity contribution is 0.671. The van der Waals surface area contributed by atoms with E-state index in [4.69, 9.17) is 0 Å². The van der Waals surface area contributed by atoms with E-state index in [9.17, 15) is 0 Å². The third-order valence-electron chi connectivity index (χ3n) is 2.89. The SMILES string of the molecule is CCCN(c1ccc(CBr)c(C)c1)C(C)C. The van der Waals surface area contributed by atoms with E-state index >= 15 is 0 Å². The summed E-state index contributed by atoms with van der Waals surface area (Å²) in [5, 5.41) is 0.939. The van der Waals surface area contributed by atoms with Gasteiger partial charge in [0.2, 0.25) is 0 Å². The molecule has 0 aliphatic rings. The van der Waals surface area contributed by atoms with Crippen molar-refractivity contribution in [1.82, 2.24) is 0 Å². The van der Waals surface area contributed by atoms with Gasteiger partial charge in [0, 0.05) is 23.6 Å². The quantitative estimate of drug-likeness (QED) is 0.719. The van der Waals surface area contributed by atoms with Crippen LogP contribution in [-0.4, -0.2) is 12.6 Å². The number of benzene rings is 1. The van der Waals surface area contributed by atoms with E-state index in [0.717, 1.165) is 11.9 Å². The number of alkyl halides is 1. The minimum Gasteiger partial charge on any atom is -0.369 e. The van der Waals surface area contributed by atoms with Crippen LogP contribution in [0, 0.1) is 6.92 Å². The molecule has 0 saturated heterocycles. The van der Waals surface area contributed by atoms with Crippen LogP contribution >= 0.6 is 15.9 Å². The second-order valence-corrected chi connectivity index (χ2v) is 5.09. The molecule has 1 nitrogen and oxygen atoms in total. The zero-order valence-corrected chi connectivity index (χ0v) is 12.3. The fourth-order valence-corrected chi connectivity index (χ4v) is 2.56. The smallest absolute Gasteiger partial charge is 0.0371 e. The van der Waals surface area contributed by atoms with Gasteiger partial charge in [0.25, 0.3) is 0 Å². The molecule has 0 aromatic heterocycles. The first-order valence-corrected chi connectivity index (χ1v) is 7.14. The molecular formula is C14H22BrN. The summed E-state index contributed by atoms with van der Waals surface area (Å²) in [6.07, 6.45) is 1.19. The minimum atomic E-state index is 0.564. The lowest BCUT2D eigenvalue weighted by atomic mass is 10.1. The van der Waals surface area contributed by atoms with Crippen LogP contribution in [0.15, 0.2) is 18.2 Å². The number of aryl methyl sites for hydroxylation is 1. The van der Waals surface area contributed by atoms with Crippen LogP contribution in [0.1, 0.15) is 38.3 Å². The fraction of sp³-hybridized carbons (Fsp3) is 0.571. The Hall–Kier alpha value is -0.500. The van der Waals surface area contributed by atoms with Crippen LogP contribution in [0.2, 0.25) is 0 Å². The number of anilines is 1. The first-order chi connectivity index (χ1) is 7.60. The monoisotopic (exact) mass is 283 g/mol. The van der Waals surface area contributed by atoms with E-state index in [2.05, 4.69) is 66.7 Å². The number of halogens is 1.